The number of hydrogen-bond donors (Lipinski definition) is 2. The number of nitrogens with zero attached hydrogens (tertiary/aromatic N) is 2. The highest BCUT2D eigenvalue weighted by Crippen LogP contribution is 2.31. The average molecular weight is 547 g/mol. The zero-order valence-corrected chi connectivity index (χ0v) is 23.0. The van der Waals surface area contributed by atoms with Gasteiger partial charge in [-0.25, -0.2) is 4.98 Å². The van der Waals surface area contributed by atoms with E-state index in [0.717, 1.165) is 31.2 Å². The van der Waals surface area contributed by atoms with Crippen molar-refractivity contribution in [3.05, 3.63) is 89.1 Å². The third kappa shape index (κ3) is 8.14. The Kier molecular flexibility index (Phi) is 10.1. The maximum Gasteiger partial charge on any atom is 0.248 e. The number of rotatable bonds is 10. The summed E-state index contributed by atoms with van der Waals surface area (Å²) in [6.07, 6.45) is 7.40. The Morgan fingerprint density at radius 3 is 2.44 bits per heavy atom. The monoisotopic (exact) mass is 546 g/mol. The fraction of sp³-hybridized carbons (Fsp3) is 0.355. The lowest BCUT2D eigenvalue weighted by molar-refractivity contribution is -0.127. The number of carbonyl (C=O) groups is 3. The van der Waals surface area contributed by atoms with Gasteiger partial charge in [0.2, 0.25) is 17.7 Å². The molecule has 0 spiro atoms. The predicted octanol–water partition coefficient (Wildman–Crippen LogP) is 6.38. The molecule has 7 nitrogen and oxygen atoms in total. The third-order valence-electron chi connectivity index (χ3n) is 6.92. The van der Waals surface area contributed by atoms with Gasteiger partial charge in [0.15, 0.2) is 0 Å². The van der Waals surface area contributed by atoms with Crippen LogP contribution in [0, 0.1) is 6.92 Å². The quantitative estimate of drug-likeness (QED) is 0.309. The average Bonchev–Trinajstić information content (AvgIpc) is 2.93. The number of anilines is 2. The third-order valence-corrected chi connectivity index (χ3v) is 7.17. The van der Waals surface area contributed by atoms with Gasteiger partial charge in [0.1, 0.15) is 11.9 Å². The molecule has 1 atom stereocenters. The number of benzene rings is 2. The molecule has 0 radical (unpaired) electrons. The number of hydrogen-bond acceptors (Lipinski definition) is 4. The van der Waals surface area contributed by atoms with Gasteiger partial charge < -0.3 is 10.6 Å². The summed E-state index contributed by atoms with van der Waals surface area (Å²) in [6, 6.07) is 19.1. The Hall–Kier alpha value is -3.71. The van der Waals surface area contributed by atoms with Crippen LogP contribution in [0.4, 0.5) is 11.5 Å². The Bertz CT molecular complexity index is 1260. The van der Waals surface area contributed by atoms with Crippen molar-refractivity contribution in [2.24, 2.45) is 0 Å². The summed E-state index contributed by atoms with van der Waals surface area (Å²) in [4.78, 5) is 45.9. The Morgan fingerprint density at radius 2 is 1.74 bits per heavy atom. The summed E-state index contributed by atoms with van der Waals surface area (Å²) >= 11 is 6.16. The second kappa shape index (κ2) is 13.9. The number of nitrogens with one attached hydrogen (secondary N) is 2. The summed E-state index contributed by atoms with van der Waals surface area (Å²) in [7, 11) is 0. The number of aryl methyl sites for hydroxylation is 1. The van der Waals surface area contributed by atoms with E-state index >= 15 is 0 Å². The number of halogens is 1. The van der Waals surface area contributed by atoms with Crippen molar-refractivity contribution in [1.29, 1.82) is 0 Å². The fourth-order valence-corrected chi connectivity index (χ4v) is 5.09. The Morgan fingerprint density at radius 1 is 0.974 bits per heavy atom. The lowest BCUT2D eigenvalue weighted by atomic mass is 9.94. The van der Waals surface area contributed by atoms with E-state index in [1.54, 1.807) is 53.6 Å². The highest BCUT2D eigenvalue weighted by molar-refractivity contribution is 6.30. The van der Waals surface area contributed by atoms with Gasteiger partial charge in [-0.05, 0) is 73.7 Å². The van der Waals surface area contributed by atoms with Crippen LogP contribution < -0.4 is 15.5 Å². The van der Waals surface area contributed by atoms with E-state index in [1.807, 2.05) is 31.2 Å². The Labute approximate surface area is 235 Å². The summed E-state index contributed by atoms with van der Waals surface area (Å²) < 4.78 is 0. The molecule has 8 heteroatoms. The van der Waals surface area contributed by atoms with Crippen LogP contribution in [0.15, 0.2) is 72.9 Å². The summed E-state index contributed by atoms with van der Waals surface area (Å²) in [5.74, 6) is -0.192. The largest absolute Gasteiger partial charge is 0.351 e. The first-order valence-electron chi connectivity index (χ1n) is 13.6. The lowest BCUT2D eigenvalue weighted by Gasteiger charge is -2.34. The molecule has 0 bridgehead atoms. The van der Waals surface area contributed by atoms with Gasteiger partial charge >= 0.3 is 0 Å². The first-order chi connectivity index (χ1) is 18.9. The molecule has 2 N–H and O–H groups in total. The van der Waals surface area contributed by atoms with Crippen molar-refractivity contribution in [3.63, 3.8) is 0 Å². The van der Waals surface area contributed by atoms with Crippen LogP contribution in [0.3, 0.4) is 0 Å². The molecule has 0 saturated heterocycles. The van der Waals surface area contributed by atoms with E-state index in [4.69, 9.17) is 11.6 Å². The van der Waals surface area contributed by atoms with Crippen molar-refractivity contribution in [2.45, 2.75) is 70.4 Å². The van der Waals surface area contributed by atoms with E-state index in [1.165, 1.54) is 6.42 Å². The van der Waals surface area contributed by atoms with E-state index in [2.05, 4.69) is 15.6 Å². The molecule has 3 amide bonds. The standard InChI is InChI=1S/C31H35ClN4O3/c1-22-9-7-12-26(21-22)36(29(38)15-8-14-28(37)35-27-13-5-6-20-33-27)30(23-16-18-24(32)19-17-23)31(39)34-25-10-3-2-4-11-25/h5-7,9,12-13,16-21,25,30H,2-4,8,10-11,14-15H2,1H3,(H,34,39)(H,33,35,37). The molecular formula is C31H35ClN4O3. The minimum Gasteiger partial charge on any atom is -0.351 e. The SMILES string of the molecule is Cc1cccc(N(C(=O)CCCC(=O)Nc2ccccn2)C(C(=O)NC2CCCCC2)c2ccc(Cl)cc2)c1. The van der Waals surface area contributed by atoms with Crippen LogP contribution in [0.5, 0.6) is 0 Å². The summed E-state index contributed by atoms with van der Waals surface area (Å²) in [6.45, 7) is 1.95. The van der Waals surface area contributed by atoms with Gasteiger partial charge in [0, 0.05) is 35.8 Å². The van der Waals surface area contributed by atoms with Crippen molar-refractivity contribution in [1.82, 2.24) is 10.3 Å². The molecule has 0 aliphatic heterocycles. The molecule has 1 fully saturated rings. The number of carbonyl (C=O) groups excluding carboxylic acids is 3. The highest BCUT2D eigenvalue weighted by Gasteiger charge is 2.34. The maximum absolute atomic E-state index is 13.9. The van der Waals surface area contributed by atoms with Crippen LogP contribution >= 0.6 is 11.6 Å². The second-order valence-electron chi connectivity index (χ2n) is 10.0. The molecule has 1 unspecified atom stereocenters. The second-order valence-corrected chi connectivity index (χ2v) is 10.5. The van der Waals surface area contributed by atoms with Crippen molar-refractivity contribution in [3.8, 4) is 0 Å². The molecule has 1 aromatic heterocycles. The predicted molar refractivity (Wildman–Crippen MR) is 155 cm³/mol. The molecular weight excluding hydrogens is 512 g/mol. The number of amides is 3. The van der Waals surface area contributed by atoms with Gasteiger partial charge in [0.05, 0.1) is 0 Å². The molecule has 39 heavy (non-hydrogen) atoms. The van der Waals surface area contributed by atoms with Crippen LogP contribution in [0.25, 0.3) is 0 Å². The first-order valence-corrected chi connectivity index (χ1v) is 13.9. The smallest absolute Gasteiger partial charge is 0.248 e. The molecule has 1 saturated carbocycles. The zero-order chi connectivity index (χ0) is 27.6. The maximum atomic E-state index is 13.9. The van der Waals surface area contributed by atoms with Crippen LogP contribution in [0.2, 0.25) is 5.02 Å². The topological polar surface area (TPSA) is 91.4 Å². The number of pyridine rings is 1. The van der Waals surface area contributed by atoms with Gasteiger partial charge in [-0.3, -0.25) is 19.3 Å². The van der Waals surface area contributed by atoms with Gasteiger partial charge in [-0.2, -0.15) is 0 Å². The minimum atomic E-state index is -0.874. The zero-order valence-electron chi connectivity index (χ0n) is 22.2. The summed E-state index contributed by atoms with van der Waals surface area (Å²) in [5.41, 5.74) is 2.29. The molecule has 1 heterocycles. The van der Waals surface area contributed by atoms with Gasteiger partial charge in [-0.15, -0.1) is 0 Å². The van der Waals surface area contributed by atoms with E-state index in [9.17, 15) is 14.4 Å². The van der Waals surface area contributed by atoms with Crippen molar-refractivity contribution < 1.29 is 14.4 Å². The Balaban J connectivity index is 1.57. The van der Waals surface area contributed by atoms with E-state index in [-0.39, 0.29) is 36.6 Å². The van der Waals surface area contributed by atoms with Crippen molar-refractivity contribution >= 4 is 40.8 Å². The van der Waals surface area contributed by atoms with Crippen LogP contribution in [-0.4, -0.2) is 28.7 Å². The van der Waals surface area contributed by atoms with Crippen LogP contribution in [-0.2, 0) is 14.4 Å². The number of aromatic nitrogens is 1. The summed E-state index contributed by atoms with van der Waals surface area (Å²) in [5, 5.41) is 6.52. The molecule has 4 rings (SSSR count). The van der Waals surface area contributed by atoms with E-state index in [0.29, 0.717) is 28.5 Å². The van der Waals surface area contributed by atoms with Crippen molar-refractivity contribution in [2.75, 3.05) is 10.2 Å². The fourth-order valence-electron chi connectivity index (χ4n) is 4.97. The molecule has 1 aliphatic rings. The molecule has 2 aromatic carbocycles. The van der Waals surface area contributed by atoms with Crippen LogP contribution in [0.1, 0.15) is 68.5 Å². The van der Waals surface area contributed by atoms with E-state index < -0.39 is 6.04 Å². The highest BCUT2D eigenvalue weighted by atomic mass is 35.5. The minimum absolute atomic E-state index is 0.0887. The molecule has 1 aliphatic carbocycles. The molecule has 204 valence electrons. The molecule has 3 aromatic rings. The normalized spacial score (nSPS) is 14.3. The van der Waals surface area contributed by atoms with Gasteiger partial charge in [0.25, 0.3) is 0 Å². The van der Waals surface area contributed by atoms with Gasteiger partial charge in [-0.1, -0.05) is 61.2 Å². The lowest BCUT2D eigenvalue weighted by Crippen LogP contribution is -2.47. The first kappa shape index (κ1) is 28.3.